The van der Waals surface area contributed by atoms with Gasteiger partial charge in [0.15, 0.2) is 13.1 Å². The highest BCUT2D eigenvalue weighted by molar-refractivity contribution is 6.30. The maximum Gasteiger partial charge on any atom is 0.368 e. The molecular weight excluding hydrogens is 326 g/mol. The largest absolute Gasteiger partial charge is 0.467 e. The second kappa shape index (κ2) is 7.77. The summed E-state index contributed by atoms with van der Waals surface area (Å²) < 4.78 is 22.2. The number of methoxy groups -OCH3 is 1. The Labute approximate surface area is 146 Å². The Morgan fingerprint density at radius 2 is 2.04 bits per heavy atom. The molecule has 0 unspecified atom stereocenters. The summed E-state index contributed by atoms with van der Waals surface area (Å²) in [6.45, 7) is 4.94. The third-order valence-corrected chi connectivity index (χ3v) is 3.87. The van der Waals surface area contributed by atoms with Crippen molar-refractivity contribution in [1.82, 2.24) is 0 Å². The number of nitrogens with zero attached hydrogens (tertiary/aromatic N) is 1. The van der Waals surface area contributed by atoms with Gasteiger partial charge in [0, 0.05) is 12.7 Å². The quantitative estimate of drug-likeness (QED) is 0.463. The van der Waals surface area contributed by atoms with Crippen molar-refractivity contribution in [3.05, 3.63) is 40.5 Å². The van der Waals surface area contributed by atoms with Crippen molar-refractivity contribution in [2.45, 2.75) is 26.6 Å². The van der Waals surface area contributed by atoms with Gasteiger partial charge in [-0.25, -0.2) is 4.79 Å². The van der Waals surface area contributed by atoms with Crippen LogP contribution in [0.5, 0.6) is 5.75 Å². The van der Waals surface area contributed by atoms with E-state index in [1.54, 1.807) is 6.07 Å². The van der Waals surface area contributed by atoms with E-state index in [9.17, 15) is 4.79 Å². The first-order valence-corrected chi connectivity index (χ1v) is 8.09. The molecule has 2 heterocycles. The van der Waals surface area contributed by atoms with Crippen molar-refractivity contribution in [3.63, 3.8) is 0 Å². The summed E-state index contributed by atoms with van der Waals surface area (Å²) in [4.78, 5) is 17.0. The van der Waals surface area contributed by atoms with Crippen LogP contribution >= 0.6 is 0 Å². The molecule has 1 fully saturated rings. The smallest absolute Gasteiger partial charge is 0.368 e. The van der Waals surface area contributed by atoms with Crippen LogP contribution in [0, 0.1) is 0 Å². The molecular formula is C18H21NO6. The van der Waals surface area contributed by atoms with E-state index in [4.69, 9.17) is 23.8 Å². The fourth-order valence-electron chi connectivity index (χ4n) is 2.79. The highest BCUT2D eigenvalue weighted by Gasteiger charge is 2.34. The number of hydrogen-bond acceptors (Lipinski definition) is 7. The second-order valence-corrected chi connectivity index (χ2v) is 5.89. The molecule has 0 N–H and O–H groups in total. The molecule has 2 aliphatic heterocycles. The molecule has 0 aromatic heterocycles. The van der Waals surface area contributed by atoms with Gasteiger partial charge in [-0.3, -0.25) is 0 Å². The average Bonchev–Trinajstić information content (AvgIpc) is 3.01. The fourth-order valence-corrected chi connectivity index (χ4v) is 2.79. The first-order valence-electron chi connectivity index (χ1n) is 8.09. The van der Waals surface area contributed by atoms with Gasteiger partial charge in [-0.15, -0.1) is 0 Å². The number of ether oxygens (including phenoxy) is 4. The lowest BCUT2D eigenvalue weighted by Gasteiger charge is -2.26. The van der Waals surface area contributed by atoms with Gasteiger partial charge in [-0.05, 0) is 26.3 Å². The predicted octanol–water partition coefficient (Wildman–Crippen LogP) is 2.70. The molecule has 7 nitrogen and oxygen atoms in total. The Kier molecular flexibility index (Phi) is 5.47. The molecule has 1 saturated heterocycles. The van der Waals surface area contributed by atoms with Gasteiger partial charge in [0.1, 0.15) is 11.5 Å². The maximum absolute atomic E-state index is 12.1. The van der Waals surface area contributed by atoms with E-state index < -0.39 is 12.3 Å². The van der Waals surface area contributed by atoms with Gasteiger partial charge in [0.05, 0.1) is 24.4 Å². The van der Waals surface area contributed by atoms with Crippen LogP contribution in [0.2, 0.25) is 0 Å². The lowest BCUT2D eigenvalue weighted by Crippen LogP contribution is -2.21. The molecule has 1 aromatic rings. The third-order valence-electron chi connectivity index (χ3n) is 3.87. The lowest BCUT2D eigenvalue weighted by molar-refractivity contribution is -0.183. The van der Waals surface area contributed by atoms with Crippen molar-refractivity contribution < 1.29 is 28.6 Å². The van der Waals surface area contributed by atoms with Gasteiger partial charge < -0.3 is 23.8 Å². The summed E-state index contributed by atoms with van der Waals surface area (Å²) >= 11 is 0. The standard InChI is InChI=1S/C18H21NO6/c1-11(2)14-16(19-25-17(14)20)15-12(18-22-8-5-9-23-18)6-4-7-13(15)24-10-21-3/h4,6-7,18H,5,8-10H2,1-3H3. The van der Waals surface area contributed by atoms with Crippen LogP contribution in [0.15, 0.2) is 34.5 Å². The van der Waals surface area contributed by atoms with Crippen LogP contribution in [-0.2, 0) is 23.8 Å². The van der Waals surface area contributed by atoms with Gasteiger partial charge in [-0.1, -0.05) is 22.9 Å². The zero-order chi connectivity index (χ0) is 17.8. The number of rotatable bonds is 5. The lowest BCUT2D eigenvalue weighted by atomic mass is 9.94. The summed E-state index contributed by atoms with van der Waals surface area (Å²) in [5, 5.41) is 3.99. The summed E-state index contributed by atoms with van der Waals surface area (Å²) in [6.07, 6.45) is 0.291. The number of carbonyl (C=O) groups is 1. The topological polar surface area (TPSA) is 75.6 Å². The van der Waals surface area contributed by atoms with Crippen LogP contribution in [0.3, 0.4) is 0 Å². The zero-order valence-electron chi connectivity index (χ0n) is 14.5. The van der Waals surface area contributed by atoms with E-state index >= 15 is 0 Å². The van der Waals surface area contributed by atoms with Crippen molar-refractivity contribution >= 4 is 11.7 Å². The van der Waals surface area contributed by atoms with Gasteiger partial charge >= 0.3 is 5.97 Å². The first kappa shape index (κ1) is 17.6. The van der Waals surface area contributed by atoms with Crippen molar-refractivity contribution in [2.24, 2.45) is 5.16 Å². The summed E-state index contributed by atoms with van der Waals surface area (Å²) in [6, 6.07) is 5.50. The van der Waals surface area contributed by atoms with Gasteiger partial charge in [0.25, 0.3) is 0 Å². The van der Waals surface area contributed by atoms with E-state index in [0.29, 0.717) is 35.8 Å². The molecule has 3 rings (SSSR count). The Morgan fingerprint density at radius 1 is 1.28 bits per heavy atom. The van der Waals surface area contributed by atoms with E-state index in [0.717, 1.165) is 17.6 Å². The zero-order valence-corrected chi connectivity index (χ0v) is 14.5. The molecule has 0 amide bonds. The summed E-state index contributed by atoms with van der Waals surface area (Å²) in [5.41, 5.74) is 3.01. The highest BCUT2D eigenvalue weighted by Crippen LogP contribution is 2.35. The van der Waals surface area contributed by atoms with E-state index in [1.165, 1.54) is 7.11 Å². The monoisotopic (exact) mass is 347 g/mol. The van der Waals surface area contributed by atoms with Crippen molar-refractivity contribution in [2.75, 3.05) is 27.1 Å². The fraction of sp³-hybridized carbons (Fsp3) is 0.444. The van der Waals surface area contributed by atoms with Crippen LogP contribution in [0.1, 0.15) is 37.7 Å². The minimum Gasteiger partial charge on any atom is -0.467 e. The molecule has 25 heavy (non-hydrogen) atoms. The van der Waals surface area contributed by atoms with Crippen LogP contribution in [0.25, 0.3) is 0 Å². The average molecular weight is 347 g/mol. The van der Waals surface area contributed by atoms with Gasteiger partial charge in [-0.2, -0.15) is 0 Å². The van der Waals surface area contributed by atoms with Crippen molar-refractivity contribution in [3.8, 4) is 5.75 Å². The Morgan fingerprint density at radius 3 is 2.72 bits per heavy atom. The first-order chi connectivity index (χ1) is 12.1. The summed E-state index contributed by atoms with van der Waals surface area (Å²) in [7, 11) is 1.54. The number of benzene rings is 1. The minimum atomic E-state index is -0.549. The molecule has 0 spiro atoms. The number of oxime groups is 1. The molecule has 0 aliphatic carbocycles. The number of hydrogen-bond donors (Lipinski definition) is 0. The Bertz CT molecular complexity index is 714. The molecule has 0 radical (unpaired) electrons. The molecule has 2 aliphatic rings. The second-order valence-electron chi connectivity index (χ2n) is 5.89. The van der Waals surface area contributed by atoms with E-state index in [-0.39, 0.29) is 6.79 Å². The maximum atomic E-state index is 12.1. The third kappa shape index (κ3) is 3.58. The van der Waals surface area contributed by atoms with Gasteiger partial charge in [0.2, 0.25) is 0 Å². The van der Waals surface area contributed by atoms with Crippen LogP contribution < -0.4 is 4.74 Å². The van der Waals surface area contributed by atoms with Crippen LogP contribution in [-0.4, -0.2) is 38.8 Å². The number of allylic oxidation sites excluding steroid dienone is 1. The van der Waals surface area contributed by atoms with E-state index in [1.807, 2.05) is 26.0 Å². The molecule has 0 bridgehead atoms. The minimum absolute atomic E-state index is 0.0646. The molecule has 134 valence electrons. The SMILES string of the molecule is COCOc1cccc(C2OCCCO2)c1C1=NOC(=O)C1=C(C)C. The molecule has 1 aromatic carbocycles. The number of carbonyl (C=O) groups excluding carboxylic acids is 1. The molecule has 0 atom stereocenters. The van der Waals surface area contributed by atoms with Crippen LogP contribution in [0.4, 0.5) is 0 Å². The predicted molar refractivity (Wildman–Crippen MR) is 89.2 cm³/mol. The Hall–Kier alpha value is -2.22. The summed E-state index contributed by atoms with van der Waals surface area (Å²) in [5.74, 6) is 0.0425. The molecule has 0 saturated carbocycles. The highest BCUT2D eigenvalue weighted by atomic mass is 16.7. The normalized spacial score (nSPS) is 18.1. The van der Waals surface area contributed by atoms with Crippen molar-refractivity contribution in [1.29, 1.82) is 0 Å². The Balaban J connectivity index is 2.11. The molecule has 7 heteroatoms. The van der Waals surface area contributed by atoms with E-state index in [2.05, 4.69) is 5.16 Å².